The van der Waals surface area contributed by atoms with Crippen LogP contribution in [0.5, 0.6) is 0 Å². The smallest absolute Gasteiger partial charge is 0.127 e. The summed E-state index contributed by atoms with van der Waals surface area (Å²) in [5.74, 6) is 0.0989. The molecule has 0 aliphatic heterocycles. The van der Waals surface area contributed by atoms with Crippen LogP contribution in [0.3, 0.4) is 0 Å². The molecule has 1 atom stereocenters. The first kappa shape index (κ1) is 11.4. The van der Waals surface area contributed by atoms with E-state index in [-0.39, 0.29) is 5.92 Å². The van der Waals surface area contributed by atoms with Crippen molar-refractivity contribution in [2.75, 3.05) is 0 Å². The van der Waals surface area contributed by atoms with Crippen LogP contribution in [0.15, 0.2) is 12.2 Å². The molecule has 0 N–H and O–H groups in total. The number of rotatable bonds is 7. The Morgan fingerprint density at radius 3 is 2.50 bits per heavy atom. The molecule has 1 unspecified atom stereocenters. The molecule has 0 saturated carbocycles. The van der Waals surface area contributed by atoms with E-state index in [0.29, 0.717) is 0 Å². The minimum absolute atomic E-state index is 0.0989. The second-order valence-electron chi connectivity index (χ2n) is 3.27. The Bertz CT molecular complexity index is 138. The Hall–Kier alpha value is -0.590. The number of aldehydes is 1. The second-order valence-corrected chi connectivity index (χ2v) is 3.27. The molecule has 0 fully saturated rings. The summed E-state index contributed by atoms with van der Waals surface area (Å²) < 4.78 is 0. The molecule has 1 nitrogen and oxygen atoms in total. The van der Waals surface area contributed by atoms with Crippen molar-refractivity contribution >= 4 is 6.29 Å². The largest absolute Gasteiger partial charge is 0.303 e. The van der Waals surface area contributed by atoms with Gasteiger partial charge in [-0.2, -0.15) is 0 Å². The van der Waals surface area contributed by atoms with Crippen molar-refractivity contribution < 1.29 is 4.79 Å². The van der Waals surface area contributed by atoms with E-state index in [1.54, 1.807) is 0 Å². The number of unbranched alkanes of at least 4 members (excludes halogenated alkanes) is 2. The zero-order valence-corrected chi connectivity index (χ0v) is 8.31. The fraction of sp³-hybridized carbons (Fsp3) is 0.727. The van der Waals surface area contributed by atoms with Crippen molar-refractivity contribution in [3.8, 4) is 0 Å². The Balaban J connectivity index is 3.62. The third-order valence-corrected chi connectivity index (χ3v) is 2.23. The highest BCUT2D eigenvalue weighted by Gasteiger charge is 2.07. The Morgan fingerprint density at radius 1 is 1.42 bits per heavy atom. The van der Waals surface area contributed by atoms with Crippen molar-refractivity contribution in [3.05, 3.63) is 12.2 Å². The van der Waals surface area contributed by atoms with Gasteiger partial charge in [-0.05, 0) is 19.3 Å². The van der Waals surface area contributed by atoms with Crippen molar-refractivity contribution in [2.24, 2.45) is 5.92 Å². The van der Waals surface area contributed by atoms with Crippen LogP contribution >= 0.6 is 0 Å². The van der Waals surface area contributed by atoms with Crippen LogP contribution < -0.4 is 0 Å². The maximum atomic E-state index is 10.5. The van der Waals surface area contributed by atoms with Crippen LogP contribution in [0.25, 0.3) is 0 Å². The van der Waals surface area contributed by atoms with Crippen LogP contribution in [0.4, 0.5) is 0 Å². The summed E-state index contributed by atoms with van der Waals surface area (Å²) in [5, 5.41) is 0. The number of allylic oxidation sites excluding steroid dienone is 1. The summed E-state index contributed by atoms with van der Waals surface area (Å²) in [6, 6.07) is 0. The van der Waals surface area contributed by atoms with Gasteiger partial charge in [0.05, 0.1) is 0 Å². The Kier molecular flexibility index (Phi) is 6.73. The molecule has 0 aliphatic rings. The minimum Gasteiger partial charge on any atom is -0.303 e. The summed E-state index contributed by atoms with van der Waals surface area (Å²) in [7, 11) is 0. The average molecular weight is 168 g/mol. The summed E-state index contributed by atoms with van der Waals surface area (Å²) in [5.41, 5.74) is 1.11. The highest BCUT2D eigenvalue weighted by atomic mass is 16.1. The normalized spacial score (nSPS) is 12.5. The minimum atomic E-state index is 0.0989. The SMILES string of the molecule is C=C(CCCCC)C(C=O)CC. The number of carbonyl (C=O) groups excluding carboxylic acids is 1. The molecule has 0 heterocycles. The van der Waals surface area contributed by atoms with E-state index in [0.717, 1.165) is 24.7 Å². The van der Waals surface area contributed by atoms with E-state index >= 15 is 0 Å². The molecule has 0 aliphatic carbocycles. The highest BCUT2D eigenvalue weighted by molar-refractivity contribution is 5.58. The molecule has 70 valence electrons. The zero-order valence-electron chi connectivity index (χ0n) is 8.31. The highest BCUT2D eigenvalue weighted by Crippen LogP contribution is 2.17. The maximum absolute atomic E-state index is 10.5. The molecule has 0 radical (unpaired) electrons. The molecule has 0 saturated heterocycles. The lowest BCUT2D eigenvalue weighted by Crippen LogP contribution is -2.03. The van der Waals surface area contributed by atoms with Crippen molar-refractivity contribution in [1.29, 1.82) is 0 Å². The number of hydrogen-bond acceptors (Lipinski definition) is 1. The maximum Gasteiger partial charge on any atom is 0.127 e. The molecule has 0 amide bonds. The third-order valence-electron chi connectivity index (χ3n) is 2.23. The lowest BCUT2D eigenvalue weighted by Gasteiger charge is -2.10. The first-order valence-electron chi connectivity index (χ1n) is 4.89. The zero-order chi connectivity index (χ0) is 9.40. The lowest BCUT2D eigenvalue weighted by atomic mass is 9.95. The van der Waals surface area contributed by atoms with Crippen LogP contribution in [0.1, 0.15) is 46.0 Å². The number of hydrogen-bond donors (Lipinski definition) is 0. The van der Waals surface area contributed by atoms with E-state index in [4.69, 9.17) is 0 Å². The van der Waals surface area contributed by atoms with E-state index in [9.17, 15) is 4.79 Å². The molecule has 0 spiro atoms. The van der Waals surface area contributed by atoms with Gasteiger partial charge < -0.3 is 4.79 Å². The summed E-state index contributed by atoms with van der Waals surface area (Å²) in [4.78, 5) is 10.5. The molecular weight excluding hydrogens is 148 g/mol. The van der Waals surface area contributed by atoms with Crippen LogP contribution in [0, 0.1) is 5.92 Å². The van der Waals surface area contributed by atoms with Gasteiger partial charge in [0.2, 0.25) is 0 Å². The van der Waals surface area contributed by atoms with Gasteiger partial charge in [0.15, 0.2) is 0 Å². The van der Waals surface area contributed by atoms with Gasteiger partial charge in [-0.1, -0.05) is 38.8 Å². The van der Waals surface area contributed by atoms with Gasteiger partial charge in [0, 0.05) is 5.92 Å². The molecule has 0 bridgehead atoms. The quantitative estimate of drug-likeness (QED) is 0.324. The second kappa shape index (κ2) is 7.08. The van der Waals surface area contributed by atoms with E-state index < -0.39 is 0 Å². The van der Waals surface area contributed by atoms with Gasteiger partial charge >= 0.3 is 0 Å². The molecule has 1 heteroatoms. The van der Waals surface area contributed by atoms with Gasteiger partial charge in [0.1, 0.15) is 6.29 Å². The fourth-order valence-corrected chi connectivity index (χ4v) is 1.27. The molecule has 0 aromatic carbocycles. The average Bonchev–Trinajstić information content (AvgIpc) is 2.07. The van der Waals surface area contributed by atoms with Crippen LogP contribution in [-0.4, -0.2) is 6.29 Å². The first-order valence-corrected chi connectivity index (χ1v) is 4.89. The third kappa shape index (κ3) is 4.32. The van der Waals surface area contributed by atoms with Gasteiger partial charge in [0.25, 0.3) is 0 Å². The monoisotopic (exact) mass is 168 g/mol. The lowest BCUT2D eigenvalue weighted by molar-refractivity contribution is -0.110. The summed E-state index contributed by atoms with van der Waals surface area (Å²) in [6.07, 6.45) is 6.59. The number of carbonyl (C=O) groups is 1. The topological polar surface area (TPSA) is 17.1 Å². The molecule has 0 aromatic rings. The Morgan fingerprint density at radius 2 is 2.08 bits per heavy atom. The molecule has 12 heavy (non-hydrogen) atoms. The molecular formula is C11H20O. The predicted octanol–water partition coefficient (Wildman–Crippen LogP) is 3.35. The van der Waals surface area contributed by atoms with Gasteiger partial charge in [-0.15, -0.1) is 0 Å². The van der Waals surface area contributed by atoms with Crippen molar-refractivity contribution in [2.45, 2.75) is 46.0 Å². The first-order chi connectivity index (χ1) is 5.76. The summed E-state index contributed by atoms with van der Waals surface area (Å²) in [6.45, 7) is 8.15. The van der Waals surface area contributed by atoms with Crippen LogP contribution in [-0.2, 0) is 4.79 Å². The molecule has 0 rings (SSSR count). The Labute approximate surface area is 75.9 Å². The van der Waals surface area contributed by atoms with Crippen LogP contribution in [0.2, 0.25) is 0 Å². The predicted molar refractivity (Wildman–Crippen MR) is 53.1 cm³/mol. The van der Waals surface area contributed by atoms with E-state index in [1.807, 2.05) is 6.92 Å². The van der Waals surface area contributed by atoms with E-state index in [1.165, 1.54) is 19.3 Å². The van der Waals surface area contributed by atoms with Gasteiger partial charge in [-0.3, -0.25) is 0 Å². The standard InChI is InChI=1S/C11H20O/c1-4-6-7-8-10(3)11(5-2)9-12/h9,11H,3-8H2,1-2H3. The molecule has 0 aromatic heterocycles. The van der Waals surface area contributed by atoms with Gasteiger partial charge in [-0.25, -0.2) is 0 Å². The summed E-state index contributed by atoms with van der Waals surface area (Å²) >= 11 is 0. The van der Waals surface area contributed by atoms with Crippen molar-refractivity contribution in [3.63, 3.8) is 0 Å². The fourth-order valence-electron chi connectivity index (χ4n) is 1.27. The van der Waals surface area contributed by atoms with E-state index in [2.05, 4.69) is 13.5 Å². The van der Waals surface area contributed by atoms with Crippen molar-refractivity contribution in [1.82, 2.24) is 0 Å².